The third-order valence-corrected chi connectivity index (χ3v) is 10.4. The largest absolute Gasteiger partial charge is 0.370 e. The molecule has 0 radical (unpaired) electrons. The van der Waals surface area contributed by atoms with Gasteiger partial charge in [-0.3, -0.25) is 0 Å². The molecule has 0 aliphatic heterocycles. The van der Waals surface area contributed by atoms with Crippen molar-refractivity contribution in [2.45, 2.75) is 118 Å². The van der Waals surface area contributed by atoms with E-state index in [0.717, 1.165) is 80.6 Å². The molecule has 1 fully saturated rings. The van der Waals surface area contributed by atoms with Crippen LogP contribution in [0.2, 0.25) is 0 Å². The second-order valence-electron chi connectivity index (χ2n) is 16.6. The van der Waals surface area contributed by atoms with Crippen LogP contribution in [0.5, 0.6) is 0 Å². The highest BCUT2D eigenvalue weighted by Gasteiger charge is 2.54. The molecule has 2 atom stereocenters. The van der Waals surface area contributed by atoms with Gasteiger partial charge in [-0.2, -0.15) is 4.98 Å². The lowest BCUT2D eigenvalue weighted by atomic mass is 9.50. The van der Waals surface area contributed by atoms with E-state index < -0.39 is 0 Å². The van der Waals surface area contributed by atoms with Crippen LogP contribution in [0.1, 0.15) is 140 Å². The molecule has 7 heteroatoms. The number of nitrogens with one attached hydrogen (secondary N) is 3. The fraction of sp³-hybridized carbons (Fsp3) is 0.556. The number of rotatable bonds is 20. The summed E-state index contributed by atoms with van der Waals surface area (Å²) < 4.78 is 0. The van der Waals surface area contributed by atoms with E-state index in [1.807, 2.05) is 0 Å². The third-order valence-electron chi connectivity index (χ3n) is 10.4. The molecule has 1 saturated carbocycles. The van der Waals surface area contributed by atoms with Crippen LogP contribution in [-0.4, -0.2) is 39.6 Å². The van der Waals surface area contributed by atoms with E-state index in [1.54, 1.807) is 0 Å². The molecule has 0 spiro atoms. The van der Waals surface area contributed by atoms with Gasteiger partial charge in [0, 0.05) is 61.9 Å². The second kappa shape index (κ2) is 19.2. The zero-order chi connectivity index (χ0) is 37.0. The molecular weight excluding hydrogens is 639 g/mol. The Morgan fingerprint density at radius 2 is 0.923 bits per heavy atom. The van der Waals surface area contributed by atoms with Crippen LogP contribution in [-0.2, 0) is 6.42 Å². The van der Waals surface area contributed by atoms with Crippen LogP contribution in [0.25, 0.3) is 0 Å². The SMILES string of the molecule is CC(C)CCCc1nc(NCCC(C)C)cc(C2[C@@H](c3ccccc3)C(c3cc(NCCC(C)C)nc(NCCC(C)C)n3)[C@@H]2c2ccccc2)n1. The minimum atomic E-state index is 0.130. The van der Waals surface area contributed by atoms with Gasteiger partial charge in [0.15, 0.2) is 0 Å². The summed E-state index contributed by atoms with van der Waals surface area (Å²) in [5.41, 5.74) is 4.84. The first-order valence-corrected chi connectivity index (χ1v) is 20.2. The first-order chi connectivity index (χ1) is 25.1. The highest BCUT2D eigenvalue weighted by molar-refractivity contribution is 5.51. The maximum Gasteiger partial charge on any atom is 0.224 e. The lowest BCUT2D eigenvalue weighted by molar-refractivity contribution is 0.219. The number of aromatic nitrogens is 4. The summed E-state index contributed by atoms with van der Waals surface area (Å²) in [6.45, 7) is 20.8. The number of aryl methyl sites for hydroxylation is 1. The van der Waals surface area contributed by atoms with E-state index in [2.05, 4.69) is 144 Å². The van der Waals surface area contributed by atoms with E-state index in [9.17, 15) is 0 Å². The zero-order valence-electron chi connectivity index (χ0n) is 33.2. The van der Waals surface area contributed by atoms with E-state index in [-0.39, 0.29) is 23.7 Å². The Kier molecular flexibility index (Phi) is 14.5. The molecule has 280 valence electrons. The Hall–Kier alpha value is -4.00. The normalized spacial score (nSPS) is 18.6. The van der Waals surface area contributed by atoms with Crippen molar-refractivity contribution in [3.63, 3.8) is 0 Å². The Balaban J connectivity index is 1.62. The summed E-state index contributed by atoms with van der Waals surface area (Å²) in [7, 11) is 0. The summed E-state index contributed by atoms with van der Waals surface area (Å²) >= 11 is 0. The predicted octanol–water partition coefficient (Wildman–Crippen LogP) is 11.1. The third kappa shape index (κ3) is 11.0. The number of hydrogen-bond acceptors (Lipinski definition) is 7. The van der Waals surface area contributed by atoms with Crippen molar-refractivity contribution in [2.75, 3.05) is 35.6 Å². The van der Waals surface area contributed by atoms with Gasteiger partial charge in [-0.05, 0) is 60.5 Å². The van der Waals surface area contributed by atoms with Crippen LogP contribution in [0.3, 0.4) is 0 Å². The van der Waals surface area contributed by atoms with E-state index >= 15 is 0 Å². The van der Waals surface area contributed by atoms with Gasteiger partial charge in [0.2, 0.25) is 5.95 Å². The second-order valence-corrected chi connectivity index (χ2v) is 16.6. The number of hydrogen-bond donors (Lipinski definition) is 3. The van der Waals surface area contributed by atoms with Gasteiger partial charge < -0.3 is 16.0 Å². The van der Waals surface area contributed by atoms with Crippen LogP contribution >= 0.6 is 0 Å². The maximum absolute atomic E-state index is 5.42. The van der Waals surface area contributed by atoms with Crippen LogP contribution in [0, 0.1) is 23.7 Å². The fourth-order valence-electron chi connectivity index (χ4n) is 7.48. The summed E-state index contributed by atoms with van der Waals surface area (Å²) in [5, 5.41) is 10.9. The molecule has 0 saturated heterocycles. The molecule has 5 rings (SSSR count). The van der Waals surface area contributed by atoms with Crippen molar-refractivity contribution in [3.8, 4) is 0 Å². The van der Waals surface area contributed by atoms with Gasteiger partial charge in [0.05, 0.1) is 11.4 Å². The maximum atomic E-state index is 5.42. The average molecular weight is 704 g/mol. The Labute approximate surface area is 314 Å². The van der Waals surface area contributed by atoms with Gasteiger partial charge in [0.25, 0.3) is 0 Å². The first kappa shape index (κ1) is 39.2. The quantitative estimate of drug-likeness (QED) is 0.0844. The predicted molar refractivity (Wildman–Crippen MR) is 220 cm³/mol. The smallest absolute Gasteiger partial charge is 0.224 e. The van der Waals surface area contributed by atoms with E-state index in [1.165, 1.54) is 17.5 Å². The molecule has 1 aliphatic rings. The molecule has 0 unspecified atom stereocenters. The van der Waals surface area contributed by atoms with Crippen LogP contribution in [0.4, 0.5) is 17.6 Å². The van der Waals surface area contributed by atoms with Crippen LogP contribution in [0.15, 0.2) is 72.8 Å². The molecule has 7 nitrogen and oxygen atoms in total. The molecule has 0 amide bonds. The van der Waals surface area contributed by atoms with E-state index in [4.69, 9.17) is 19.9 Å². The van der Waals surface area contributed by atoms with Gasteiger partial charge in [-0.1, -0.05) is 122 Å². The monoisotopic (exact) mass is 704 g/mol. The van der Waals surface area contributed by atoms with Crippen molar-refractivity contribution in [1.29, 1.82) is 0 Å². The molecule has 52 heavy (non-hydrogen) atoms. The molecule has 1 aliphatic carbocycles. The summed E-state index contributed by atoms with van der Waals surface area (Å²) in [5.74, 6) is 6.63. The zero-order valence-corrected chi connectivity index (χ0v) is 33.2. The van der Waals surface area contributed by atoms with Crippen LogP contribution < -0.4 is 16.0 Å². The fourth-order valence-corrected chi connectivity index (χ4v) is 7.48. The Bertz CT molecular complexity index is 1440. The highest BCUT2D eigenvalue weighted by Crippen LogP contribution is 2.66. The minimum absolute atomic E-state index is 0.130. The van der Waals surface area contributed by atoms with Gasteiger partial charge in [-0.15, -0.1) is 0 Å². The minimum Gasteiger partial charge on any atom is -0.370 e. The van der Waals surface area contributed by atoms with Crippen molar-refractivity contribution < 1.29 is 0 Å². The highest BCUT2D eigenvalue weighted by atomic mass is 15.1. The Morgan fingerprint density at radius 1 is 0.481 bits per heavy atom. The number of anilines is 3. The summed E-state index contributed by atoms with van der Waals surface area (Å²) in [4.78, 5) is 20.8. The summed E-state index contributed by atoms with van der Waals surface area (Å²) in [6, 6.07) is 26.6. The molecular formula is C45H65N7. The molecule has 2 aromatic heterocycles. The van der Waals surface area contributed by atoms with Gasteiger partial charge in [-0.25, -0.2) is 15.0 Å². The van der Waals surface area contributed by atoms with Crippen molar-refractivity contribution in [1.82, 2.24) is 19.9 Å². The first-order valence-electron chi connectivity index (χ1n) is 20.2. The van der Waals surface area contributed by atoms with Gasteiger partial charge in [0.1, 0.15) is 17.5 Å². The van der Waals surface area contributed by atoms with Gasteiger partial charge >= 0.3 is 0 Å². The molecule has 3 N–H and O–H groups in total. The van der Waals surface area contributed by atoms with E-state index in [0.29, 0.717) is 29.6 Å². The molecule has 0 bridgehead atoms. The lowest BCUT2D eigenvalue weighted by Crippen LogP contribution is -2.41. The molecule has 2 aromatic carbocycles. The Morgan fingerprint density at radius 3 is 1.40 bits per heavy atom. The number of benzene rings is 2. The van der Waals surface area contributed by atoms with Crippen molar-refractivity contribution >= 4 is 17.6 Å². The summed E-state index contributed by atoms with van der Waals surface area (Å²) in [6.07, 6.45) is 6.39. The van der Waals surface area contributed by atoms with Crippen molar-refractivity contribution in [3.05, 3.63) is 101 Å². The lowest BCUT2D eigenvalue weighted by Gasteiger charge is -2.52. The molecule has 4 aromatic rings. The standard InChI is InChI=1S/C45H65N7/c1-30(2)16-15-21-38-49-36(28-39(51-38)46-25-22-31(3)4)43-41(34-17-11-9-12-18-34)44(42(43)35-19-13-10-14-20-35)37-29-40(47-26-23-32(5)6)52-45(50-37)48-27-24-33(7)8/h9-14,17-20,28-33,41-44H,15-16,21-27H2,1-8H3,(H,46,49,51)(H2,47,48,50,52)/t41-,42-,43?,44?/m1/s1. The van der Waals surface area contributed by atoms with Crippen molar-refractivity contribution in [2.24, 2.45) is 23.7 Å². The number of nitrogens with zero attached hydrogens (tertiary/aromatic N) is 4. The topological polar surface area (TPSA) is 87.7 Å². The molecule has 2 heterocycles. The average Bonchev–Trinajstić information content (AvgIpc) is 3.08.